The maximum Gasteiger partial charge on any atom is 0.221 e. The van der Waals surface area contributed by atoms with Gasteiger partial charge in [-0.3, -0.25) is 4.79 Å². The zero-order valence-corrected chi connectivity index (χ0v) is 17.3. The van der Waals surface area contributed by atoms with Gasteiger partial charge in [-0.1, -0.05) is 43.3 Å². The molecule has 2 heterocycles. The van der Waals surface area contributed by atoms with Crippen molar-refractivity contribution in [2.75, 3.05) is 19.7 Å². The fraction of sp³-hybridized carbons (Fsp3) is 0.480. The minimum absolute atomic E-state index is 0.130. The van der Waals surface area contributed by atoms with Crippen LogP contribution in [0, 0.1) is 11.8 Å². The molecule has 2 aromatic carbocycles. The lowest BCUT2D eigenvalue weighted by molar-refractivity contribution is -0.122. The molecule has 2 aliphatic rings. The molecule has 0 aliphatic carbocycles. The van der Waals surface area contributed by atoms with Crippen molar-refractivity contribution in [2.24, 2.45) is 11.8 Å². The van der Waals surface area contributed by atoms with Crippen LogP contribution in [0.5, 0.6) is 5.75 Å². The summed E-state index contributed by atoms with van der Waals surface area (Å²) in [5.74, 6) is 2.09. The molecule has 3 atom stereocenters. The minimum atomic E-state index is -0.132. The van der Waals surface area contributed by atoms with Gasteiger partial charge in [0.15, 0.2) is 0 Å². The predicted octanol–water partition coefficient (Wildman–Crippen LogP) is 4.24. The number of carbonyl (C=O) groups excluding carboxylic acids is 1. The maximum absolute atomic E-state index is 13.0. The molecule has 4 nitrogen and oxygen atoms in total. The Labute approximate surface area is 174 Å². The fourth-order valence-corrected chi connectivity index (χ4v) is 4.61. The number of piperidine rings is 1. The number of amides is 1. The van der Waals surface area contributed by atoms with Crippen LogP contribution in [-0.4, -0.2) is 25.6 Å². The lowest BCUT2D eigenvalue weighted by atomic mass is 9.85. The third kappa shape index (κ3) is 4.99. The zero-order valence-electron chi connectivity index (χ0n) is 17.3. The van der Waals surface area contributed by atoms with Crippen molar-refractivity contribution in [2.45, 2.75) is 45.1 Å². The average molecular weight is 393 g/mol. The third-order valence-corrected chi connectivity index (χ3v) is 6.35. The predicted molar refractivity (Wildman–Crippen MR) is 116 cm³/mol. The lowest BCUT2D eigenvalue weighted by Gasteiger charge is -2.29. The molecular weight excluding hydrogens is 360 g/mol. The summed E-state index contributed by atoms with van der Waals surface area (Å²) >= 11 is 0. The van der Waals surface area contributed by atoms with Crippen molar-refractivity contribution in [1.82, 2.24) is 10.6 Å². The van der Waals surface area contributed by atoms with Crippen LogP contribution in [-0.2, 0) is 11.2 Å². The van der Waals surface area contributed by atoms with E-state index in [4.69, 9.17) is 4.74 Å². The molecule has 0 aromatic heterocycles. The van der Waals surface area contributed by atoms with E-state index in [0.717, 1.165) is 49.4 Å². The molecule has 0 saturated carbocycles. The van der Waals surface area contributed by atoms with Crippen LogP contribution in [0.1, 0.15) is 55.3 Å². The quantitative estimate of drug-likeness (QED) is 0.773. The van der Waals surface area contributed by atoms with Gasteiger partial charge in [0.1, 0.15) is 5.75 Å². The molecule has 0 radical (unpaired) electrons. The number of carbonyl (C=O) groups is 1. The molecule has 0 spiro atoms. The Morgan fingerprint density at radius 3 is 2.83 bits per heavy atom. The number of hydrogen-bond donors (Lipinski definition) is 2. The molecule has 154 valence electrons. The van der Waals surface area contributed by atoms with Gasteiger partial charge in [0.2, 0.25) is 5.91 Å². The van der Waals surface area contributed by atoms with Crippen molar-refractivity contribution < 1.29 is 9.53 Å². The van der Waals surface area contributed by atoms with Crippen LogP contribution >= 0.6 is 0 Å². The van der Waals surface area contributed by atoms with E-state index >= 15 is 0 Å². The van der Waals surface area contributed by atoms with Crippen LogP contribution in [0.25, 0.3) is 0 Å². The van der Waals surface area contributed by atoms with Crippen LogP contribution in [0.4, 0.5) is 0 Å². The number of rotatable bonds is 6. The molecule has 29 heavy (non-hydrogen) atoms. The van der Waals surface area contributed by atoms with Crippen LogP contribution in [0.15, 0.2) is 48.5 Å². The first kappa shape index (κ1) is 20.0. The average Bonchev–Trinajstić information content (AvgIpc) is 2.78. The van der Waals surface area contributed by atoms with Gasteiger partial charge >= 0.3 is 0 Å². The number of nitrogens with one attached hydrogen (secondary N) is 2. The van der Waals surface area contributed by atoms with Crippen LogP contribution in [0.3, 0.4) is 0 Å². The molecule has 1 amide bonds. The fourth-order valence-electron chi connectivity index (χ4n) is 4.61. The smallest absolute Gasteiger partial charge is 0.221 e. The molecule has 0 bridgehead atoms. The molecule has 2 N–H and O–H groups in total. The van der Waals surface area contributed by atoms with Gasteiger partial charge in [0, 0.05) is 6.42 Å². The van der Waals surface area contributed by atoms with Crippen molar-refractivity contribution >= 4 is 5.91 Å². The first-order valence-electron chi connectivity index (χ1n) is 11.0. The Morgan fingerprint density at radius 2 is 2.03 bits per heavy atom. The van der Waals surface area contributed by atoms with E-state index in [1.807, 2.05) is 18.2 Å². The van der Waals surface area contributed by atoms with E-state index in [1.54, 1.807) is 0 Å². The normalized spacial score (nSPS) is 20.8. The molecule has 4 rings (SSSR count). The Kier molecular flexibility index (Phi) is 6.50. The molecule has 4 heteroatoms. The molecule has 2 aromatic rings. The second kappa shape index (κ2) is 9.45. The van der Waals surface area contributed by atoms with E-state index in [9.17, 15) is 4.79 Å². The molecule has 3 unspecified atom stereocenters. The summed E-state index contributed by atoms with van der Waals surface area (Å²) in [5, 5.41) is 6.79. The third-order valence-electron chi connectivity index (χ3n) is 6.35. The summed E-state index contributed by atoms with van der Waals surface area (Å²) in [6.07, 6.45) is 5.08. The lowest BCUT2D eigenvalue weighted by Crippen LogP contribution is -2.36. The number of fused-ring (bicyclic) bond motifs is 1. The Bertz CT molecular complexity index is 815. The van der Waals surface area contributed by atoms with Gasteiger partial charge in [0.25, 0.3) is 0 Å². The highest BCUT2D eigenvalue weighted by molar-refractivity contribution is 5.77. The van der Waals surface area contributed by atoms with E-state index in [-0.39, 0.29) is 11.9 Å². The Balaban J connectivity index is 1.51. The summed E-state index contributed by atoms with van der Waals surface area (Å²) in [6, 6.07) is 16.5. The summed E-state index contributed by atoms with van der Waals surface area (Å²) in [7, 11) is 0. The first-order chi connectivity index (χ1) is 14.2. The monoisotopic (exact) mass is 392 g/mol. The number of hydrogen-bond acceptors (Lipinski definition) is 3. The zero-order chi connectivity index (χ0) is 20.1. The van der Waals surface area contributed by atoms with E-state index in [2.05, 4.69) is 47.9 Å². The summed E-state index contributed by atoms with van der Waals surface area (Å²) < 4.78 is 5.77. The summed E-state index contributed by atoms with van der Waals surface area (Å²) in [5.41, 5.74) is 3.48. The molecule has 1 fully saturated rings. The highest BCUT2D eigenvalue weighted by Crippen LogP contribution is 2.31. The van der Waals surface area contributed by atoms with Crippen LogP contribution < -0.4 is 15.4 Å². The second-order valence-electron chi connectivity index (χ2n) is 8.52. The van der Waals surface area contributed by atoms with Gasteiger partial charge in [-0.25, -0.2) is 0 Å². The van der Waals surface area contributed by atoms with E-state index < -0.39 is 0 Å². The Morgan fingerprint density at radius 1 is 1.17 bits per heavy atom. The van der Waals surface area contributed by atoms with Gasteiger partial charge in [-0.2, -0.15) is 0 Å². The Hall–Kier alpha value is -2.33. The second-order valence-corrected chi connectivity index (χ2v) is 8.52. The highest BCUT2D eigenvalue weighted by atomic mass is 16.5. The van der Waals surface area contributed by atoms with Gasteiger partial charge in [-0.15, -0.1) is 0 Å². The molecular formula is C25H32N2O2. The maximum atomic E-state index is 13.0. The summed E-state index contributed by atoms with van der Waals surface area (Å²) in [4.78, 5) is 13.0. The summed E-state index contributed by atoms with van der Waals surface area (Å²) in [6.45, 7) is 5.14. The first-order valence-corrected chi connectivity index (χ1v) is 11.0. The number of benzene rings is 2. The van der Waals surface area contributed by atoms with Gasteiger partial charge in [-0.05, 0) is 79.4 Å². The van der Waals surface area contributed by atoms with Gasteiger partial charge in [0.05, 0.1) is 12.6 Å². The minimum Gasteiger partial charge on any atom is -0.493 e. The number of aryl methyl sites for hydroxylation is 1. The van der Waals surface area contributed by atoms with Crippen molar-refractivity contribution in [3.05, 3.63) is 65.2 Å². The van der Waals surface area contributed by atoms with E-state index in [1.165, 1.54) is 18.4 Å². The van der Waals surface area contributed by atoms with Gasteiger partial charge < -0.3 is 15.4 Å². The van der Waals surface area contributed by atoms with Crippen molar-refractivity contribution in [1.29, 1.82) is 0 Å². The highest BCUT2D eigenvalue weighted by Gasteiger charge is 2.24. The van der Waals surface area contributed by atoms with E-state index in [0.29, 0.717) is 18.3 Å². The van der Waals surface area contributed by atoms with Crippen molar-refractivity contribution in [3.8, 4) is 5.75 Å². The van der Waals surface area contributed by atoms with Crippen molar-refractivity contribution in [3.63, 3.8) is 0 Å². The standard InChI is InChI=1S/C25H32N2O2/c1-18(22-9-5-13-26-17-22)15-24(28)27-25(19-7-3-2-4-8-19)21-11-12-23-20(16-21)10-6-14-29-23/h2-4,7-8,11-12,16,18,22,25-26H,5-6,9-10,13-15,17H2,1H3,(H,27,28). The largest absolute Gasteiger partial charge is 0.493 e. The SMILES string of the molecule is CC(CC(=O)NC(c1ccccc1)c1ccc2c(c1)CCCO2)C1CCCNC1. The topological polar surface area (TPSA) is 50.4 Å². The number of ether oxygens (including phenoxy) is 1. The van der Waals surface area contributed by atoms with Crippen LogP contribution in [0.2, 0.25) is 0 Å². The molecule has 1 saturated heterocycles. The molecule has 2 aliphatic heterocycles.